The van der Waals surface area contributed by atoms with Gasteiger partial charge in [0, 0.05) is 12.1 Å². The predicted octanol–water partition coefficient (Wildman–Crippen LogP) is 6.83. The Morgan fingerprint density at radius 3 is 1.96 bits per heavy atom. The van der Waals surface area contributed by atoms with Crippen molar-refractivity contribution in [2.45, 2.75) is 97.8 Å². The van der Waals surface area contributed by atoms with Gasteiger partial charge in [-0.2, -0.15) is 0 Å². The summed E-state index contributed by atoms with van der Waals surface area (Å²) in [4.78, 5) is 13.3. The average molecular weight is 378 g/mol. The van der Waals surface area contributed by atoms with E-state index in [0.717, 1.165) is 30.4 Å². The number of phenols is 1. The van der Waals surface area contributed by atoms with Crippen LogP contribution in [0.4, 0.5) is 10.5 Å². The summed E-state index contributed by atoms with van der Waals surface area (Å²) in [7, 11) is 0. The monoisotopic (exact) mass is 377 g/mol. The summed E-state index contributed by atoms with van der Waals surface area (Å²) in [6.45, 7) is 15.0. The van der Waals surface area contributed by atoms with E-state index in [1.165, 1.54) is 24.2 Å². The van der Waals surface area contributed by atoms with Crippen molar-refractivity contribution in [1.29, 1.82) is 0 Å². The zero-order chi connectivity index (χ0) is 20.8. The Balaban J connectivity index is 3.19. The van der Waals surface area contributed by atoms with Crippen molar-refractivity contribution in [3.05, 3.63) is 23.3 Å². The lowest BCUT2D eigenvalue weighted by Gasteiger charge is -2.30. The zero-order valence-electron chi connectivity index (χ0n) is 18.4. The Bertz CT molecular complexity index is 624. The maximum absolute atomic E-state index is 12.0. The number of nitrogens with zero attached hydrogens (tertiary/aromatic N) is 1. The highest BCUT2D eigenvalue weighted by Crippen LogP contribution is 2.42. The highest BCUT2D eigenvalue weighted by molar-refractivity contribution is 5.89. The molecule has 27 heavy (non-hydrogen) atoms. The third-order valence-electron chi connectivity index (χ3n) is 5.02. The number of hydrogen-bond acceptors (Lipinski definition) is 2. The van der Waals surface area contributed by atoms with Crippen LogP contribution in [0, 0.1) is 0 Å². The average Bonchev–Trinajstić information content (AvgIpc) is 2.52. The number of amides is 1. The number of phenolic OH excluding ortho intramolecular Hbond substituents is 1. The summed E-state index contributed by atoms with van der Waals surface area (Å²) >= 11 is 0. The molecule has 0 aliphatic heterocycles. The molecule has 154 valence electrons. The third-order valence-corrected chi connectivity index (χ3v) is 5.02. The summed E-state index contributed by atoms with van der Waals surface area (Å²) < 4.78 is 0. The highest BCUT2D eigenvalue weighted by atomic mass is 16.4. The Labute approximate surface area is 165 Å². The Hall–Kier alpha value is -1.71. The van der Waals surface area contributed by atoms with Crippen molar-refractivity contribution in [1.82, 2.24) is 0 Å². The van der Waals surface area contributed by atoms with E-state index < -0.39 is 6.09 Å². The number of hydrogen-bond donors (Lipinski definition) is 2. The lowest BCUT2D eigenvalue weighted by atomic mass is 9.79. The number of aromatic hydroxyl groups is 1. The number of rotatable bonds is 8. The molecule has 1 aromatic rings. The van der Waals surface area contributed by atoms with Gasteiger partial charge in [0.15, 0.2) is 0 Å². The van der Waals surface area contributed by atoms with Crippen LogP contribution in [0.1, 0.15) is 98.1 Å². The van der Waals surface area contributed by atoms with Gasteiger partial charge in [-0.05, 0) is 28.9 Å². The lowest BCUT2D eigenvalue weighted by molar-refractivity contribution is 0.201. The van der Waals surface area contributed by atoms with E-state index in [0.29, 0.717) is 12.2 Å². The number of benzene rings is 1. The summed E-state index contributed by atoms with van der Waals surface area (Å²) in [5, 5.41) is 20.7. The van der Waals surface area contributed by atoms with Crippen LogP contribution in [0.2, 0.25) is 0 Å². The minimum atomic E-state index is -1.01. The summed E-state index contributed by atoms with van der Waals surface area (Å²) in [5.74, 6) is 0.0869. The normalized spacial score (nSPS) is 12.3. The molecule has 1 aromatic carbocycles. The largest absolute Gasteiger partial charge is 0.505 e. The molecular formula is C23H39NO3. The first kappa shape index (κ1) is 23.3. The molecule has 0 saturated heterocycles. The van der Waals surface area contributed by atoms with Crippen LogP contribution in [0.25, 0.3) is 0 Å². The second-order valence-corrected chi connectivity index (χ2v) is 9.59. The second kappa shape index (κ2) is 9.48. The van der Waals surface area contributed by atoms with Crippen LogP contribution in [-0.4, -0.2) is 22.9 Å². The Morgan fingerprint density at radius 2 is 1.48 bits per heavy atom. The van der Waals surface area contributed by atoms with Crippen molar-refractivity contribution < 1.29 is 15.0 Å². The minimum Gasteiger partial charge on any atom is -0.505 e. The molecule has 0 spiro atoms. The first-order valence-corrected chi connectivity index (χ1v) is 10.3. The van der Waals surface area contributed by atoms with Gasteiger partial charge < -0.3 is 10.2 Å². The van der Waals surface area contributed by atoms with Gasteiger partial charge in [-0.3, -0.25) is 4.90 Å². The van der Waals surface area contributed by atoms with Gasteiger partial charge in [0.1, 0.15) is 5.75 Å². The lowest BCUT2D eigenvalue weighted by Crippen LogP contribution is -2.31. The van der Waals surface area contributed by atoms with Gasteiger partial charge in [-0.15, -0.1) is 0 Å². The quantitative estimate of drug-likeness (QED) is 0.488. The van der Waals surface area contributed by atoms with Crippen LogP contribution < -0.4 is 4.90 Å². The SMILES string of the molecule is CCCCCCCCN(C(=O)O)c1cc(C(C)(C)C)cc(C(C)(C)C)c1O. The fraction of sp³-hybridized carbons (Fsp3) is 0.696. The second-order valence-electron chi connectivity index (χ2n) is 9.59. The first-order chi connectivity index (χ1) is 12.4. The number of anilines is 1. The molecule has 0 aliphatic carbocycles. The van der Waals surface area contributed by atoms with E-state index in [2.05, 4.69) is 27.7 Å². The van der Waals surface area contributed by atoms with Gasteiger partial charge in [0.2, 0.25) is 0 Å². The van der Waals surface area contributed by atoms with Crippen molar-refractivity contribution in [2.24, 2.45) is 0 Å². The van der Waals surface area contributed by atoms with Crippen molar-refractivity contribution in [2.75, 3.05) is 11.4 Å². The Kier molecular flexibility index (Phi) is 8.19. The molecule has 0 fully saturated rings. The third kappa shape index (κ3) is 6.75. The smallest absolute Gasteiger partial charge is 0.411 e. The summed E-state index contributed by atoms with van der Waals surface area (Å²) in [6, 6.07) is 3.86. The van der Waals surface area contributed by atoms with Crippen LogP contribution in [0.5, 0.6) is 5.75 Å². The summed E-state index contributed by atoms with van der Waals surface area (Å²) in [5.41, 5.74) is 1.83. The maximum atomic E-state index is 12.0. The molecule has 1 rings (SSSR count). The van der Waals surface area contributed by atoms with Crippen molar-refractivity contribution in [3.8, 4) is 5.75 Å². The molecule has 2 N–H and O–H groups in total. The highest BCUT2D eigenvalue weighted by Gasteiger charge is 2.28. The van der Waals surface area contributed by atoms with E-state index in [1.54, 1.807) is 0 Å². The van der Waals surface area contributed by atoms with E-state index in [9.17, 15) is 15.0 Å². The number of carboxylic acid groups (broad SMARTS) is 1. The minimum absolute atomic E-state index is 0.0869. The number of carbonyl (C=O) groups is 1. The van der Waals surface area contributed by atoms with Crippen LogP contribution in [-0.2, 0) is 10.8 Å². The van der Waals surface area contributed by atoms with Crippen LogP contribution in [0.3, 0.4) is 0 Å². The maximum Gasteiger partial charge on any atom is 0.411 e. The van der Waals surface area contributed by atoms with Gasteiger partial charge in [0.05, 0.1) is 5.69 Å². The molecule has 0 unspecified atom stereocenters. The predicted molar refractivity (Wildman–Crippen MR) is 114 cm³/mol. The molecule has 0 radical (unpaired) electrons. The standard InChI is InChI=1S/C23H39NO3/c1-8-9-10-11-12-13-14-24(21(26)27)19-16-17(22(2,3)4)15-18(20(19)25)23(5,6)7/h15-16,25H,8-14H2,1-7H3,(H,26,27). The molecule has 4 nitrogen and oxygen atoms in total. The van der Waals surface area contributed by atoms with Crippen molar-refractivity contribution in [3.63, 3.8) is 0 Å². The Morgan fingerprint density at radius 1 is 0.926 bits per heavy atom. The van der Waals surface area contributed by atoms with Gasteiger partial charge in [-0.1, -0.05) is 86.6 Å². The molecule has 0 aromatic heterocycles. The van der Waals surface area contributed by atoms with E-state index in [4.69, 9.17) is 0 Å². The van der Waals surface area contributed by atoms with Gasteiger partial charge >= 0.3 is 6.09 Å². The molecule has 0 bridgehead atoms. The van der Waals surface area contributed by atoms with E-state index in [-0.39, 0.29) is 16.6 Å². The zero-order valence-corrected chi connectivity index (χ0v) is 18.4. The van der Waals surface area contributed by atoms with E-state index >= 15 is 0 Å². The summed E-state index contributed by atoms with van der Waals surface area (Å²) in [6.07, 6.45) is 5.56. The molecule has 1 amide bonds. The van der Waals surface area contributed by atoms with Crippen LogP contribution in [0.15, 0.2) is 12.1 Å². The molecule has 0 heterocycles. The fourth-order valence-corrected chi connectivity index (χ4v) is 3.20. The number of unbranched alkanes of at least 4 members (excludes halogenated alkanes) is 5. The van der Waals surface area contributed by atoms with E-state index in [1.807, 2.05) is 32.9 Å². The topological polar surface area (TPSA) is 60.8 Å². The molecule has 4 heteroatoms. The molecule has 0 atom stereocenters. The van der Waals surface area contributed by atoms with Gasteiger partial charge in [0.25, 0.3) is 0 Å². The fourth-order valence-electron chi connectivity index (χ4n) is 3.20. The first-order valence-electron chi connectivity index (χ1n) is 10.3. The molecular weight excluding hydrogens is 338 g/mol. The van der Waals surface area contributed by atoms with Gasteiger partial charge in [-0.25, -0.2) is 4.79 Å². The van der Waals surface area contributed by atoms with Crippen LogP contribution >= 0.6 is 0 Å². The van der Waals surface area contributed by atoms with Crippen molar-refractivity contribution >= 4 is 11.8 Å². The molecule has 0 saturated carbocycles. The molecule has 0 aliphatic rings.